The van der Waals surface area contributed by atoms with Crippen molar-refractivity contribution in [1.29, 1.82) is 0 Å². The Kier molecular flexibility index (Phi) is 2.96. The Hall–Kier alpha value is -1.55. The normalized spacial score (nSPS) is 18.5. The monoisotopic (exact) mass is 245 g/mol. The molecular weight excluding hydrogens is 226 g/mol. The fourth-order valence-electron chi connectivity index (χ4n) is 2.50. The molecule has 1 aromatic carbocycles. The fourth-order valence-corrected chi connectivity index (χ4v) is 2.50. The highest BCUT2D eigenvalue weighted by atomic mass is 16.3. The molecule has 4 nitrogen and oxygen atoms in total. The van der Waals surface area contributed by atoms with Crippen molar-refractivity contribution < 1.29 is 4.42 Å². The number of nitrogen functional groups attached to an aromatic ring is 1. The van der Waals surface area contributed by atoms with E-state index in [1.807, 2.05) is 18.2 Å². The third-order valence-corrected chi connectivity index (χ3v) is 3.72. The summed E-state index contributed by atoms with van der Waals surface area (Å²) in [6, 6.07) is 5.70. The van der Waals surface area contributed by atoms with Crippen molar-refractivity contribution in [3.63, 3.8) is 0 Å². The molecule has 1 fully saturated rings. The fraction of sp³-hybridized carbons (Fsp3) is 0.500. The number of piperidine rings is 1. The van der Waals surface area contributed by atoms with Gasteiger partial charge < -0.3 is 10.2 Å². The number of hydrogen-bond acceptors (Lipinski definition) is 4. The molecule has 0 bridgehead atoms. The third-order valence-electron chi connectivity index (χ3n) is 3.72. The molecule has 0 amide bonds. The maximum atomic E-state index is 5.87. The quantitative estimate of drug-likeness (QED) is 0.826. The summed E-state index contributed by atoms with van der Waals surface area (Å²) in [4.78, 5) is 6.90. The summed E-state index contributed by atoms with van der Waals surface area (Å²) >= 11 is 0. The van der Waals surface area contributed by atoms with E-state index in [-0.39, 0.29) is 0 Å². The van der Waals surface area contributed by atoms with Gasteiger partial charge >= 0.3 is 0 Å². The summed E-state index contributed by atoms with van der Waals surface area (Å²) in [5.41, 5.74) is 8.12. The molecule has 2 heterocycles. The van der Waals surface area contributed by atoms with Gasteiger partial charge in [0.05, 0.1) is 12.2 Å². The molecule has 0 saturated carbocycles. The summed E-state index contributed by atoms with van der Waals surface area (Å²) in [5.74, 6) is 1.62. The van der Waals surface area contributed by atoms with E-state index in [2.05, 4.69) is 16.8 Å². The largest absolute Gasteiger partial charge is 0.437 e. The second-order valence-corrected chi connectivity index (χ2v) is 5.26. The Morgan fingerprint density at radius 3 is 2.89 bits per heavy atom. The number of nitrogens with zero attached hydrogens (tertiary/aromatic N) is 2. The van der Waals surface area contributed by atoms with E-state index in [1.54, 1.807) is 0 Å². The second kappa shape index (κ2) is 4.61. The Bertz CT molecular complexity index is 541. The topological polar surface area (TPSA) is 55.3 Å². The van der Waals surface area contributed by atoms with Crippen LogP contribution >= 0.6 is 0 Å². The number of likely N-dealkylation sites (tertiary alicyclic amines) is 1. The Balaban J connectivity index is 1.77. The zero-order valence-corrected chi connectivity index (χ0v) is 10.7. The highest BCUT2D eigenvalue weighted by Gasteiger charge is 2.18. The molecule has 1 aromatic heterocycles. The van der Waals surface area contributed by atoms with E-state index in [1.165, 1.54) is 12.8 Å². The van der Waals surface area contributed by atoms with Crippen molar-refractivity contribution in [2.45, 2.75) is 26.3 Å². The van der Waals surface area contributed by atoms with Crippen LogP contribution < -0.4 is 5.73 Å². The third kappa shape index (κ3) is 2.20. The molecule has 2 N–H and O–H groups in total. The molecular formula is C14H19N3O. The number of benzene rings is 1. The molecule has 96 valence electrons. The zero-order valence-electron chi connectivity index (χ0n) is 10.7. The van der Waals surface area contributed by atoms with Crippen LogP contribution in [0, 0.1) is 5.92 Å². The molecule has 0 spiro atoms. The van der Waals surface area contributed by atoms with Crippen LogP contribution in [0.4, 0.5) is 5.69 Å². The van der Waals surface area contributed by atoms with Gasteiger partial charge in [0.25, 0.3) is 0 Å². The first-order valence-corrected chi connectivity index (χ1v) is 6.58. The smallest absolute Gasteiger partial charge is 0.209 e. The van der Waals surface area contributed by atoms with E-state index in [9.17, 15) is 0 Å². The lowest BCUT2D eigenvalue weighted by atomic mass is 9.99. The van der Waals surface area contributed by atoms with Crippen molar-refractivity contribution in [2.24, 2.45) is 5.92 Å². The molecule has 1 saturated heterocycles. The minimum Gasteiger partial charge on any atom is -0.437 e. The van der Waals surface area contributed by atoms with Crippen molar-refractivity contribution in [2.75, 3.05) is 18.8 Å². The van der Waals surface area contributed by atoms with Crippen molar-refractivity contribution in [3.05, 3.63) is 24.1 Å². The first-order chi connectivity index (χ1) is 8.72. The lowest BCUT2D eigenvalue weighted by Crippen LogP contribution is -2.32. The van der Waals surface area contributed by atoms with Crippen LogP contribution in [-0.4, -0.2) is 23.0 Å². The Labute approximate surface area is 107 Å². The second-order valence-electron chi connectivity index (χ2n) is 5.26. The van der Waals surface area contributed by atoms with Crippen molar-refractivity contribution in [1.82, 2.24) is 9.88 Å². The van der Waals surface area contributed by atoms with Gasteiger partial charge in [-0.15, -0.1) is 0 Å². The first kappa shape index (κ1) is 11.5. The number of rotatable bonds is 2. The standard InChI is InChI=1S/C14H19N3O/c1-10-5-7-17(8-6-10)9-13-16-12-4-2-3-11(15)14(12)18-13/h2-4,10H,5-9,15H2,1H3. The zero-order chi connectivity index (χ0) is 12.5. The average Bonchev–Trinajstić information content (AvgIpc) is 2.76. The number of oxazole rings is 1. The van der Waals surface area contributed by atoms with Crippen LogP contribution in [-0.2, 0) is 6.54 Å². The maximum absolute atomic E-state index is 5.87. The van der Waals surface area contributed by atoms with Gasteiger partial charge in [-0.1, -0.05) is 13.0 Å². The van der Waals surface area contributed by atoms with E-state index in [0.29, 0.717) is 5.69 Å². The number of para-hydroxylation sites is 1. The molecule has 1 aliphatic heterocycles. The van der Waals surface area contributed by atoms with Crippen LogP contribution in [0.15, 0.2) is 22.6 Å². The van der Waals surface area contributed by atoms with Gasteiger partial charge in [-0.3, -0.25) is 4.90 Å². The number of fused-ring (bicyclic) bond motifs is 1. The minimum atomic E-state index is 0.665. The van der Waals surface area contributed by atoms with Crippen LogP contribution in [0.25, 0.3) is 11.1 Å². The van der Waals surface area contributed by atoms with Gasteiger partial charge in [0.2, 0.25) is 5.89 Å². The van der Waals surface area contributed by atoms with E-state index < -0.39 is 0 Å². The first-order valence-electron chi connectivity index (χ1n) is 6.58. The van der Waals surface area contributed by atoms with Gasteiger partial charge in [0.1, 0.15) is 5.52 Å². The predicted octanol–water partition coefficient (Wildman–Crippen LogP) is 2.64. The highest BCUT2D eigenvalue weighted by Crippen LogP contribution is 2.23. The molecule has 0 atom stereocenters. The molecule has 3 rings (SSSR count). The van der Waals surface area contributed by atoms with Crippen LogP contribution in [0.1, 0.15) is 25.7 Å². The van der Waals surface area contributed by atoms with Crippen LogP contribution in [0.2, 0.25) is 0 Å². The lowest BCUT2D eigenvalue weighted by molar-refractivity contribution is 0.172. The Morgan fingerprint density at radius 1 is 1.39 bits per heavy atom. The van der Waals surface area contributed by atoms with Crippen molar-refractivity contribution >= 4 is 16.8 Å². The molecule has 0 aliphatic carbocycles. The minimum absolute atomic E-state index is 0.665. The maximum Gasteiger partial charge on any atom is 0.209 e. The van der Waals surface area contributed by atoms with Crippen molar-refractivity contribution in [3.8, 4) is 0 Å². The number of anilines is 1. The molecule has 4 heteroatoms. The average molecular weight is 245 g/mol. The molecule has 1 aliphatic rings. The van der Waals surface area contributed by atoms with E-state index in [0.717, 1.165) is 42.5 Å². The van der Waals surface area contributed by atoms with Gasteiger partial charge in [0, 0.05) is 0 Å². The lowest BCUT2D eigenvalue weighted by Gasteiger charge is -2.28. The summed E-state index contributed by atoms with van der Waals surface area (Å²) in [5, 5.41) is 0. The summed E-state index contributed by atoms with van der Waals surface area (Å²) in [6.45, 7) is 5.38. The number of nitrogens with two attached hydrogens (primary N) is 1. The SMILES string of the molecule is CC1CCN(Cc2nc3cccc(N)c3o2)CC1. The summed E-state index contributed by atoms with van der Waals surface area (Å²) in [6.07, 6.45) is 2.53. The highest BCUT2D eigenvalue weighted by molar-refractivity contribution is 5.84. The van der Waals surface area contributed by atoms with E-state index in [4.69, 9.17) is 10.2 Å². The van der Waals surface area contributed by atoms with E-state index >= 15 is 0 Å². The Morgan fingerprint density at radius 2 is 2.17 bits per heavy atom. The number of aromatic nitrogens is 1. The molecule has 0 radical (unpaired) electrons. The van der Waals surface area contributed by atoms with Crippen LogP contribution in [0.3, 0.4) is 0 Å². The van der Waals surface area contributed by atoms with Gasteiger partial charge in [-0.2, -0.15) is 0 Å². The molecule has 18 heavy (non-hydrogen) atoms. The van der Waals surface area contributed by atoms with Gasteiger partial charge in [0.15, 0.2) is 5.58 Å². The molecule has 2 aromatic rings. The number of hydrogen-bond donors (Lipinski definition) is 1. The van der Waals surface area contributed by atoms with Crippen LogP contribution in [0.5, 0.6) is 0 Å². The predicted molar refractivity (Wildman–Crippen MR) is 72.1 cm³/mol. The summed E-state index contributed by atoms with van der Waals surface area (Å²) < 4.78 is 5.75. The van der Waals surface area contributed by atoms with Gasteiger partial charge in [-0.25, -0.2) is 4.98 Å². The molecule has 0 unspecified atom stereocenters. The summed E-state index contributed by atoms with van der Waals surface area (Å²) in [7, 11) is 0. The van der Waals surface area contributed by atoms with Gasteiger partial charge in [-0.05, 0) is 44.0 Å².